The van der Waals surface area contributed by atoms with E-state index in [0.29, 0.717) is 0 Å². The highest BCUT2D eigenvalue weighted by atomic mass is 15.2. The van der Waals surface area contributed by atoms with Crippen molar-refractivity contribution in [2.24, 2.45) is 7.05 Å². The van der Waals surface area contributed by atoms with E-state index in [1.165, 1.54) is 10.9 Å². The minimum Gasteiger partial charge on any atom is -0.275 e. The minimum atomic E-state index is 0.809. The van der Waals surface area contributed by atoms with Crippen molar-refractivity contribution in [1.82, 2.24) is 19.7 Å². The molecule has 0 amide bonds. The summed E-state index contributed by atoms with van der Waals surface area (Å²) in [5.41, 5.74) is 8.69. The molecule has 5 aromatic rings. The number of pyridine rings is 2. The van der Waals surface area contributed by atoms with Gasteiger partial charge in [0.1, 0.15) is 5.69 Å². The van der Waals surface area contributed by atoms with Gasteiger partial charge in [-0.3, -0.25) is 14.6 Å². The summed E-state index contributed by atoms with van der Waals surface area (Å²) in [4.78, 5) is 9.11. The van der Waals surface area contributed by atoms with E-state index in [0.717, 1.165) is 45.7 Å². The molecule has 0 fully saturated rings. The number of nitrogens with zero attached hydrogens (tertiary/aromatic N) is 4. The molecule has 0 bridgehead atoms. The average Bonchev–Trinajstić information content (AvgIpc) is 3.16. The van der Waals surface area contributed by atoms with Crippen LogP contribution >= 0.6 is 0 Å². The number of hydrogen-bond donors (Lipinski definition) is 0. The van der Waals surface area contributed by atoms with Gasteiger partial charge in [-0.25, -0.2) is 0 Å². The molecule has 0 spiro atoms. The topological polar surface area (TPSA) is 43.6 Å². The Labute approximate surface area is 175 Å². The Kier molecular flexibility index (Phi) is 4.60. The van der Waals surface area contributed by atoms with Gasteiger partial charge in [-0.15, -0.1) is 0 Å². The third kappa shape index (κ3) is 3.60. The standard InChI is InChI=1S/C26H22N4/c1-18-15-22(13-14-27-18)24-17-30(2)29-26(24)21-9-7-19(8-10-21)16-23-12-11-20-5-3-4-6-25(20)28-23/h3-15,17H,16H2,1-2H3. The Morgan fingerprint density at radius 1 is 0.867 bits per heavy atom. The van der Waals surface area contributed by atoms with Crippen LogP contribution in [0.4, 0.5) is 0 Å². The van der Waals surface area contributed by atoms with Gasteiger partial charge in [-0.2, -0.15) is 5.10 Å². The maximum atomic E-state index is 4.79. The second-order valence-corrected chi connectivity index (χ2v) is 7.62. The molecule has 0 N–H and O–H groups in total. The van der Waals surface area contributed by atoms with Gasteiger partial charge in [-0.05, 0) is 42.3 Å². The second kappa shape index (κ2) is 7.56. The third-order valence-electron chi connectivity index (χ3n) is 5.31. The number of rotatable bonds is 4. The van der Waals surface area contributed by atoms with E-state index in [2.05, 4.69) is 65.8 Å². The Hall–Kier alpha value is -3.79. The monoisotopic (exact) mass is 390 g/mol. The van der Waals surface area contributed by atoms with Gasteiger partial charge in [0, 0.05) is 53.8 Å². The highest BCUT2D eigenvalue weighted by molar-refractivity contribution is 5.80. The summed E-state index contributed by atoms with van der Waals surface area (Å²) in [5, 5.41) is 5.89. The van der Waals surface area contributed by atoms with Crippen molar-refractivity contribution in [3.63, 3.8) is 0 Å². The molecule has 0 atom stereocenters. The van der Waals surface area contributed by atoms with Crippen LogP contribution in [0.25, 0.3) is 33.3 Å². The van der Waals surface area contributed by atoms with Crippen LogP contribution in [-0.2, 0) is 13.5 Å². The lowest BCUT2D eigenvalue weighted by Gasteiger charge is -2.06. The van der Waals surface area contributed by atoms with E-state index < -0.39 is 0 Å². The molecule has 3 heterocycles. The van der Waals surface area contributed by atoms with Crippen LogP contribution < -0.4 is 0 Å². The van der Waals surface area contributed by atoms with Gasteiger partial charge in [0.2, 0.25) is 0 Å². The first kappa shape index (κ1) is 18.3. The minimum absolute atomic E-state index is 0.809. The quantitative estimate of drug-likeness (QED) is 0.401. The smallest absolute Gasteiger partial charge is 0.100 e. The number of fused-ring (bicyclic) bond motifs is 1. The van der Waals surface area contributed by atoms with Crippen molar-refractivity contribution in [2.75, 3.05) is 0 Å². The van der Waals surface area contributed by atoms with Crippen LogP contribution in [0, 0.1) is 6.92 Å². The molecule has 4 nitrogen and oxygen atoms in total. The Morgan fingerprint density at radius 2 is 1.70 bits per heavy atom. The molecule has 3 aromatic heterocycles. The molecule has 0 aliphatic heterocycles. The van der Waals surface area contributed by atoms with Gasteiger partial charge in [0.05, 0.1) is 5.52 Å². The third-order valence-corrected chi connectivity index (χ3v) is 5.31. The SMILES string of the molecule is Cc1cc(-c2cn(C)nc2-c2ccc(Cc3ccc4ccccc4n3)cc2)ccn1. The molecule has 146 valence electrons. The number of hydrogen-bond acceptors (Lipinski definition) is 3. The molecular formula is C26H22N4. The lowest BCUT2D eigenvalue weighted by atomic mass is 10.00. The zero-order chi connectivity index (χ0) is 20.5. The van der Waals surface area contributed by atoms with Gasteiger partial charge in [-0.1, -0.05) is 48.5 Å². The van der Waals surface area contributed by atoms with E-state index >= 15 is 0 Å². The maximum Gasteiger partial charge on any atom is 0.100 e. The number of para-hydroxylation sites is 1. The first-order valence-electron chi connectivity index (χ1n) is 10.1. The molecule has 0 aliphatic rings. The molecule has 30 heavy (non-hydrogen) atoms. The summed E-state index contributed by atoms with van der Waals surface area (Å²) >= 11 is 0. The van der Waals surface area contributed by atoms with Crippen molar-refractivity contribution >= 4 is 10.9 Å². The van der Waals surface area contributed by atoms with Crippen LogP contribution in [0.5, 0.6) is 0 Å². The lowest BCUT2D eigenvalue weighted by molar-refractivity contribution is 0.771. The predicted molar refractivity (Wildman–Crippen MR) is 121 cm³/mol. The summed E-state index contributed by atoms with van der Waals surface area (Å²) in [6.07, 6.45) is 4.72. The van der Waals surface area contributed by atoms with Crippen LogP contribution in [0.3, 0.4) is 0 Å². The fourth-order valence-electron chi connectivity index (χ4n) is 3.82. The van der Waals surface area contributed by atoms with Gasteiger partial charge in [0.15, 0.2) is 0 Å². The zero-order valence-corrected chi connectivity index (χ0v) is 17.1. The molecule has 0 aliphatic carbocycles. The Bertz CT molecular complexity index is 1330. The highest BCUT2D eigenvalue weighted by Gasteiger charge is 2.13. The molecular weight excluding hydrogens is 368 g/mol. The molecule has 0 unspecified atom stereocenters. The van der Waals surface area contributed by atoms with E-state index in [1.54, 1.807) is 0 Å². The zero-order valence-electron chi connectivity index (χ0n) is 17.1. The normalized spacial score (nSPS) is 11.1. The number of aryl methyl sites for hydroxylation is 2. The van der Waals surface area contributed by atoms with Gasteiger partial charge < -0.3 is 0 Å². The number of benzene rings is 2. The largest absolute Gasteiger partial charge is 0.275 e. The lowest BCUT2D eigenvalue weighted by Crippen LogP contribution is -1.93. The van der Waals surface area contributed by atoms with Crippen LogP contribution in [0.1, 0.15) is 17.0 Å². The van der Waals surface area contributed by atoms with Crippen LogP contribution in [0.15, 0.2) is 85.2 Å². The van der Waals surface area contributed by atoms with Crippen LogP contribution in [0.2, 0.25) is 0 Å². The van der Waals surface area contributed by atoms with E-state index in [1.807, 2.05) is 43.0 Å². The summed E-state index contributed by atoms with van der Waals surface area (Å²) in [7, 11) is 1.96. The van der Waals surface area contributed by atoms with E-state index in [9.17, 15) is 0 Å². The van der Waals surface area contributed by atoms with Crippen molar-refractivity contribution in [2.45, 2.75) is 13.3 Å². The molecule has 4 heteroatoms. The fourth-order valence-corrected chi connectivity index (χ4v) is 3.82. The highest BCUT2D eigenvalue weighted by Crippen LogP contribution is 2.31. The Balaban J connectivity index is 1.44. The predicted octanol–water partition coefficient (Wildman–Crippen LogP) is 5.60. The molecule has 2 aromatic carbocycles. The Morgan fingerprint density at radius 3 is 2.53 bits per heavy atom. The van der Waals surface area contributed by atoms with E-state index in [4.69, 9.17) is 10.1 Å². The second-order valence-electron chi connectivity index (χ2n) is 7.62. The summed E-state index contributed by atoms with van der Waals surface area (Å²) in [6, 6.07) is 25.2. The molecule has 0 saturated carbocycles. The number of aromatic nitrogens is 4. The van der Waals surface area contributed by atoms with Crippen molar-refractivity contribution in [3.05, 3.63) is 102 Å². The summed E-state index contributed by atoms with van der Waals surface area (Å²) in [6.45, 7) is 2.01. The first-order chi connectivity index (χ1) is 14.7. The average molecular weight is 390 g/mol. The van der Waals surface area contributed by atoms with Gasteiger partial charge >= 0.3 is 0 Å². The molecule has 0 saturated heterocycles. The van der Waals surface area contributed by atoms with E-state index in [-0.39, 0.29) is 0 Å². The van der Waals surface area contributed by atoms with Crippen molar-refractivity contribution < 1.29 is 0 Å². The maximum absolute atomic E-state index is 4.79. The molecule has 0 radical (unpaired) electrons. The van der Waals surface area contributed by atoms with Crippen molar-refractivity contribution in [3.8, 4) is 22.4 Å². The van der Waals surface area contributed by atoms with Gasteiger partial charge in [0.25, 0.3) is 0 Å². The summed E-state index contributed by atoms with van der Waals surface area (Å²) < 4.78 is 1.87. The summed E-state index contributed by atoms with van der Waals surface area (Å²) in [5.74, 6) is 0. The molecule has 5 rings (SSSR count). The van der Waals surface area contributed by atoms with Crippen molar-refractivity contribution in [1.29, 1.82) is 0 Å². The fraction of sp³-hybridized carbons (Fsp3) is 0.115. The first-order valence-corrected chi connectivity index (χ1v) is 10.1. The van der Waals surface area contributed by atoms with Crippen LogP contribution in [-0.4, -0.2) is 19.7 Å².